The molecular weight excluding hydrogens is 288 g/mol. The Balaban J connectivity index is 1.97. The lowest BCUT2D eigenvalue weighted by Gasteiger charge is -2.42. The topological polar surface area (TPSA) is 41.6 Å². The molecule has 0 spiro atoms. The van der Waals surface area contributed by atoms with Gasteiger partial charge in [0.05, 0.1) is 0 Å². The fourth-order valence-electron chi connectivity index (χ4n) is 3.31. The first-order chi connectivity index (χ1) is 10.6. The predicted molar refractivity (Wildman–Crippen MR) is 93.3 cm³/mol. The van der Waals surface area contributed by atoms with E-state index < -0.39 is 5.60 Å². The second-order valence-electron chi connectivity index (χ2n) is 8.37. The van der Waals surface area contributed by atoms with Gasteiger partial charge in [-0.3, -0.25) is 4.90 Å². The minimum absolute atomic E-state index is 0.123. The van der Waals surface area contributed by atoms with Crippen LogP contribution in [0.25, 0.3) is 0 Å². The lowest BCUT2D eigenvalue weighted by atomic mass is 9.81. The van der Waals surface area contributed by atoms with Crippen molar-refractivity contribution < 1.29 is 9.53 Å². The lowest BCUT2D eigenvalue weighted by molar-refractivity contribution is 0.0381. The lowest BCUT2D eigenvalue weighted by Crippen LogP contribution is -2.53. The highest BCUT2D eigenvalue weighted by Crippen LogP contribution is 2.29. The normalized spacial score (nSPS) is 21.7. The Kier molecular flexibility index (Phi) is 5.35. The number of nitrogens with zero attached hydrogens (tertiary/aromatic N) is 1. The van der Waals surface area contributed by atoms with Crippen LogP contribution in [0.5, 0.6) is 0 Å². The summed E-state index contributed by atoms with van der Waals surface area (Å²) in [6.45, 7) is 13.0. The predicted octanol–water partition coefficient (Wildman–Crippen LogP) is 3.81. The average molecular weight is 318 g/mol. The number of carbonyl (C=O) groups is 1. The number of hydrogen-bond donors (Lipinski definition) is 1. The number of piperidine rings is 1. The van der Waals surface area contributed by atoms with E-state index in [0.29, 0.717) is 0 Å². The van der Waals surface area contributed by atoms with Crippen molar-refractivity contribution in [3.05, 3.63) is 35.9 Å². The van der Waals surface area contributed by atoms with Gasteiger partial charge in [-0.1, -0.05) is 44.2 Å². The zero-order valence-electron chi connectivity index (χ0n) is 15.1. The van der Waals surface area contributed by atoms with Gasteiger partial charge in [0.15, 0.2) is 0 Å². The second kappa shape index (κ2) is 6.91. The molecule has 1 heterocycles. The van der Waals surface area contributed by atoms with E-state index in [-0.39, 0.29) is 17.6 Å². The molecule has 1 aromatic rings. The number of ether oxygens (including phenoxy) is 1. The third kappa shape index (κ3) is 6.22. The third-order valence-electron chi connectivity index (χ3n) is 3.90. The molecule has 4 nitrogen and oxygen atoms in total. The van der Waals surface area contributed by atoms with Crippen LogP contribution < -0.4 is 5.32 Å². The molecule has 1 N–H and O–H groups in total. The number of hydrogen-bond acceptors (Lipinski definition) is 3. The molecule has 1 aromatic carbocycles. The molecule has 23 heavy (non-hydrogen) atoms. The van der Waals surface area contributed by atoms with Gasteiger partial charge in [-0.05, 0) is 38.2 Å². The van der Waals surface area contributed by atoms with Crippen LogP contribution in [0.15, 0.2) is 30.3 Å². The zero-order chi connectivity index (χ0) is 17.1. The molecule has 4 heteroatoms. The average Bonchev–Trinajstić information content (AvgIpc) is 2.35. The van der Waals surface area contributed by atoms with Crippen LogP contribution in [0.2, 0.25) is 0 Å². The molecule has 128 valence electrons. The molecule has 1 aliphatic heterocycles. The highest BCUT2D eigenvalue weighted by atomic mass is 16.6. The van der Waals surface area contributed by atoms with Crippen molar-refractivity contribution in [2.24, 2.45) is 5.41 Å². The van der Waals surface area contributed by atoms with Gasteiger partial charge in [0.25, 0.3) is 0 Å². The zero-order valence-corrected chi connectivity index (χ0v) is 15.1. The molecule has 1 amide bonds. The van der Waals surface area contributed by atoms with Crippen molar-refractivity contribution in [1.29, 1.82) is 0 Å². The summed E-state index contributed by atoms with van der Waals surface area (Å²) in [5.74, 6) is 0. The Morgan fingerprint density at radius 3 is 2.57 bits per heavy atom. The monoisotopic (exact) mass is 318 g/mol. The van der Waals surface area contributed by atoms with E-state index in [1.165, 1.54) is 5.56 Å². The Hall–Kier alpha value is -1.55. The summed E-state index contributed by atoms with van der Waals surface area (Å²) in [5, 5.41) is 3.04. The standard InChI is InChI=1S/C19H30N2O2/c1-18(2,3)23-17(22)20-16-11-19(4,5)14-21(13-16)12-15-9-7-6-8-10-15/h6-10,16H,11-14H2,1-5H3,(H,20,22)/t16-/m0/s1. The summed E-state index contributed by atoms with van der Waals surface area (Å²) in [7, 11) is 0. The van der Waals surface area contributed by atoms with Gasteiger partial charge in [-0.25, -0.2) is 4.79 Å². The van der Waals surface area contributed by atoms with Crippen LogP contribution in [0.3, 0.4) is 0 Å². The fraction of sp³-hybridized carbons (Fsp3) is 0.632. The molecule has 1 atom stereocenters. The number of benzene rings is 1. The van der Waals surface area contributed by atoms with Crippen LogP contribution >= 0.6 is 0 Å². The summed E-state index contributed by atoms with van der Waals surface area (Å²) >= 11 is 0. The molecule has 0 saturated carbocycles. The largest absolute Gasteiger partial charge is 0.444 e. The van der Waals surface area contributed by atoms with Crippen molar-refractivity contribution in [2.75, 3.05) is 13.1 Å². The van der Waals surface area contributed by atoms with E-state index >= 15 is 0 Å². The Morgan fingerprint density at radius 2 is 1.96 bits per heavy atom. The van der Waals surface area contributed by atoms with E-state index in [1.807, 2.05) is 26.8 Å². The number of likely N-dealkylation sites (tertiary alicyclic amines) is 1. The summed E-state index contributed by atoms with van der Waals surface area (Å²) in [6.07, 6.45) is 0.650. The Bertz CT molecular complexity index is 520. The molecule has 1 fully saturated rings. The van der Waals surface area contributed by atoms with Gasteiger partial charge in [-0.2, -0.15) is 0 Å². The molecule has 0 bridgehead atoms. The van der Waals surface area contributed by atoms with Crippen molar-refractivity contribution in [1.82, 2.24) is 10.2 Å². The highest BCUT2D eigenvalue weighted by Gasteiger charge is 2.34. The van der Waals surface area contributed by atoms with Gasteiger partial charge < -0.3 is 10.1 Å². The van der Waals surface area contributed by atoms with Crippen LogP contribution in [0.4, 0.5) is 4.79 Å². The number of nitrogens with one attached hydrogen (secondary N) is 1. The molecule has 1 aliphatic rings. The number of rotatable bonds is 3. The smallest absolute Gasteiger partial charge is 0.407 e. The summed E-state index contributed by atoms with van der Waals surface area (Å²) in [5.41, 5.74) is 1.02. The third-order valence-corrected chi connectivity index (χ3v) is 3.90. The number of amides is 1. The summed E-state index contributed by atoms with van der Waals surface area (Å²) in [4.78, 5) is 14.5. The highest BCUT2D eigenvalue weighted by molar-refractivity contribution is 5.68. The first kappa shape index (κ1) is 17.8. The molecule has 0 aliphatic carbocycles. The maximum atomic E-state index is 12.1. The SMILES string of the molecule is CC1(C)C[C@H](NC(=O)OC(C)(C)C)CN(Cc2ccccc2)C1. The molecule has 0 radical (unpaired) electrons. The Labute approximate surface area is 140 Å². The maximum absolute atomic E-state index is 12.1. The van der Waals surface area contributed by atoms with Crippen LogP contribution in [-0.4, -0.2) is 35.7 Å². The second-order valence-corrected chi connectivity index (χ2v) is 8.37. The van der Waals surface area contributed by atoms with Crippen molar-refractivity contribution in [2.45, 2.75) is 59.2 Å². The number of alkyl carbamates (subject to hydrolysis) is 1. The summed E-state index contributed by atoms with van der Waals surface area (Å²) < 4.78 is 5.39. The number of carbonyl (C=O) groups excluding carboxylic acids is 1. The van der Waals surface area contributed by atoms with Gasteiger partial charge >= 0.3 is 6.09 Å². The van der Waals surface area contributed by atoms with Crippen LogP contribution in [-0.2, 0) is 11.3 Å². The van der Waals surface area contributed by atoms with Crippen molar-refractivity contribution in [3.63, 3.8) is 0 Å². The van der Waals surface area contributed by atoms with Crippen molar-refractivity contribution >= 4 is 6.09 Å². The van der Waals surface area contributed by atoms with E-state index in [1.54, 1.807) is 0 Å². The van der Waals surface area contributed by atoms with E-state index in [4.69, 9.17) is 4.74 Å². The quantitative estimate of drug-likeness (QED) is 0.921. The molecular formula is C19H30N2O2. The minimum Gasteiger partial charge on any atom is -0.444 e. The van der Waals surface area contributed by atoms with Crippen LogP contribution in [0, 0.1) is 5.41 Å². The fourth-order valence-corrected chi connectivity index (χ4v) is 3.31. The molecule has 0 aromatic heterocycles. The minimum atomic E-state index is -0.460. The molecule has 0 unspecified atom stereocenters. The first-order valence-electron chi connectivity index (χ1n) is 8.39. The van der Waals surface area contributed by atoms with E-state index in [2.05, 4.69) is 48.3 Å². The van der Waals surface area contributed by atoms with E-state index in [0.717, 1.165) is 26.1 Å². The molecule has 2 rings (SSSR count). The first-order valence-corrected chi connectivity index (χ1v) is 8.39. The van der Waals surface area contributed by atoms with Gasteiger partial charge in [-0.15, -0.1) is 0 Å². The maximum Gasteiger partial charge on any atom is 0.407 e. The van der Waals surface area contributed by atoms with Gasteiger partial charge in [0, 0.05) is 25.7 Å². The molecule has 1 saturated heterocycles. The van der Waals surface area contributed by atoms with Crippen LogP contribution in [0.1, 0.15) is 46.6 Å². The van der Waals surface area contributed by atoms with Gasteiger partial charge in [0.1, 0.15) is 5.60 Å². The summed E-state index contributed by atoms with van der Waals surface area (Å²) in [6, 6.07) is 10.6. The Morgan fingerprint density at radius 1 is 1.30 bits per heavy atom. The van der Waals surface area contributed by atoms with Crippen molar-refractivity contribution in [3.8, 4) is 0 Å². The van der Waals surface area contributed by atoms with E-state index in [9.17, 15) is 4.79 Å². The van der Waals surface area contributed by atoms with Gasteiger partial charge in [0.2, 0.25) is 0 Å².